The van der Waals surface area contributed by atoms with Crippen molar-refractivity contribution in [3.63, 3.8) is 0 Å². The van der Waals surface area contributed by atoms with Crippen molar-refractivity contribution in [2.75, 3.05) is 6.61 Å². The van der Waals surface area contributed by atoms with Crippen molar-refractivity contribution in [3.8, 4) is 0 Å². The molecular weight excluding hydrogens is 196 g/mol. The number of ether oxygens (including phenoxy) is 1. The van der Waals surface area contributed by atoms with Gasteiger partial charge < -0.3 is 14.9 Å². The fourth-order valence-corrected chi connectivity index (χ4v) is 1.06. The van der Waals surface area contributed by atoms with E-state index in [4.69, 9.17) is 0 Å². The normalized spacial score (nSPS) is 23.7. The summed E-state index contributed by atoms with van der Waals surface area (Å²) >= 11 is 0. The van der Waals surface area contributed by atoms with E-state index in [2.05, 4.69) is 4.74 Å². The Morgan fingerprint density at radius 2 is 2.07 bits per heavy atom. The van der Waals surface area contributed by atoms with Crippen LogP contribution in [0.25, 0.3) is 0 Å². The quantitative estimate of drug-likeness (QED) is 0.667. The lowest BCUT2D eigenvalue weighted by Gasteiger charge is -2.19. The van der Waals surface area contributed by atoms with Gasteiger partial charge in [-0.2, -0.15) is 0 Å². The van der Waals surface area contributed by atoms with Crippen molar-refractivity contribution in [2.45, 2.75) is 33.0 Å². The maximum absolute atomic E-state index is 11.2. The highest BCUT2D eigenvalue weighted by Crippen LogP contribution is 2.14. The topological polar surface area (TPSA) is 66.8 Å². The first-order valence-corrected chi connectivity index (χ1v) is 5.08. The van der Waals surface area contributed by atoms with Crippen molar-refractivity contribution in [2.24, 2.45) is 0 Å². The zero-order valence-electron chi connectivity index (χ0n) is 9.30. The lowest BCUT2D eigenvalue weighted by atomic mass is 9.99. The van der Waals surface area contributed by atoms with E-state index in [0.29, 0.717) is 0 Å². The molecule has 0 aromatic carbocycles. The van der Waals surface area contributed by atoms with Crippen molar-refractivity contribution in [1.82, 2.24) is 0 Å². The highest BCUT2D eigenvalue weighted by Gasteiger charge is 2.26. The van der Waals surface area contributed by atoms with Crippen LogP contribution in [0.5, 0.6) is 0 Å². The number of carbonyl (C=O) groups is 1. The third-order valence-electron chi connectivity index (χ3n) is 1.74. The third-order valence-corrected chi connectivity index (χ3v) is 1.74. The predicted octanol–water partition coefficient (Wildman–Crippen LogP) is 0.794. The fraction of sp³-hybridized carbons (Fsp3) is 0.545. The fourth-order valence-electron chi connectivity index (χ4n) is 1.06. The van der Waals surface area contributed by atoms with Crippen LogP contribution in [0.1, 0.15) is 20.8 Å². The Bertz CT molecular complexity index is 255. The monoisotopic (exact) mass is 214 g/mol. The Hall–Kier alpha value is -1.13. The number of rotatable bonds is 2. The first-order valence-electron chi connectivity index (χ1n) is 5.08. The number of hydrogen-bond acceptors (Lipinski definition) is 4. The molecule has 2 atom stereocenters. The van der Waals surface area contributed by atoms with Crippen LogP contribution in [0.2, 0.25) is 0 Å². The van der Waals surface area contributed by atoms with Gasteiger partial charge in [0.1, 0.15) is 12.2 Å². The van der Waals surface area contributed by atoms with Crippen molar-refractivity contribution >= 4 is 5.97 Å². The molecule has 0 heterocycles. The summed E-state index contributed by atoms with van der Waals surface area (Å²) in [5.74, 6) is -0.585. The van der Waals surface area contributed by atoms with Gasteiger partial charge in [-0.3, -0.25) is 0 Å². The lowest BCUT2D eigenvalue weighted by Crippen LogP contribution is -2.32. The molecule has 1 aliphatic rings. The van der Waals surface area contributed by atoms with Crippen LogP contribution in [0.4, 0.5) is 0 Å². The van der Waals surface area contributed by atoms with Crippen molar-refractivity contribution in [1.29, 1.82) is 0 Å². The second-order valence-corrected chi connectivity index (χ2v) is 2.66. The van der Waals surface area contributed by atoms with Crippen LogP contribution >= 0.6 is 0 Å². The SMILES string of the molecule is CC.CCOC(=O)C1=CC=C[C@H](O)[C@@H]1O. The summed E-state index contributed by atoms with van der Waals surface area (Å²) in [6.07, 6.45) is 2.17. The van der Waals surface area contributed by atoms with E-state index in [1.807, 2.05) is 13.8 Å². The first kappa shape index (κ1) is 13.9. The zero-order chi connectivity index (χ0) is 11.8. The van der Waals surface area contributed by atoms with Gasteiger partial charge in [-0.05, 0) is 13.0 Å². The second-order valence-electron chi connectivity index (χ2n) is 2.66. The molecule has 4 heteroatoms. The van der Waals surface area contributed by atoms with E-state index in [9.17, 15) is 15.0 Å². The summed E-state index contributed by atoms with van der Waals surface area (Å²) in [6, 6.07) is 0. The Morgan fingerprint density at radius 1 is 1.47 bits per heavy atom. The summed E-state index contributed by atoms with van der Waals surface area (Å²) in [5.41, 5.74) is 0.0943. The van der Waals surface area contributed by atoms with Crippen LogP contribution < -0.4 is 0 Å². The van der Waals surface area contributed by atoms with Gasteiger partial charge in [-0.15, -0.1) is 0 Å². The number of aliphatic hydroxyl groups is 2. The molecule has 0 radical (unpaired) electrons. The summed E-state index contributed by atoms with van der Waals surface area (Å²) in [4.78, 5) is 11.2. The van der Waals surface area contributed by atoms with Gasteiger partial charge in [0, 0.05) is 0 Å². The number of carbonyl (C=O) groups excluding carboxylic acids is 1. The molecule has 0 unspecified atom stereocenters. The Labute approximate surface area is 89.9 Å². The molecule has 0 aromatic rings. The Kier molecular flexibility index (Phi) is 6.66. The van der Waals surface area contributed by atoms with Gasteiger partial charge in [0.2, 0.25) is 0 Å². The summed E-state index contributed by atoms with van der Waals surface area (Å²) < 4.78 is 4.69. The van der Waals surface area contributed by atoms with Crippen molar-refractivity contribution in [3.05, 3.63) is 23.8 Å². The molecule has 4 nitrogen and oxygen atoms in total. The molecule has 1 rings (SSSR count). The summed E-state index contributed by atoms with van der Waals surface area (Å²) in [7, 11) is 0. The molecular formula is C11H18O4. The van der Waals surface area contributed by atoms with Gasteiger partial charge in [-0.25, -0.2) is 4.79 Å². The average Bonchev–Trinajstić information content (AvgIpc) is 2.25. The molecule has 0 spiro atoms. The van der Waals surface area contributed by atoms with E-state index in [1.165, 1.54) is 18.2 Å². The summed E-state index contributed by atoms with van der Waals surface area (Å²) in [6.45, 7) is 5.93. The van der Waals surface area contributed by atoms with Crippen LogP contribution in [0.3, 0.4) is 0 Å². The minimum atomic E-state index is -1.18. The van der Waals surface area contributed by atoms with Gasteiger partial charge in [0.05, 0.1) is 12.2 Å². The van der Waals surface area contributed by atoms with E-state index >= 15 is 0 Å². The van der Waals surface area contributed by atoms with Gasteiger partial charge in [0.15, 0.2) is 0 Å². The molecule has 0 amide bonds. The van der Waals surface area contributed by atoms with E-state index in [0.717, 1.165) is 0 Å². The minimum Gasteiger partial charge on any atom is -0.463 e. The van der Waals surface area contributed by atoms with Crippen LogP contribution in [-0.4, -0.2) is 35.0 Å². The number of aliphatic hydroxyl groups excluding tert-OH is 2. The van der Waals surface area contributed by atoms with E-state index in [-0.39, 0.29) is 12.2 Å². The standard InChI is InChI=1S/C9H12O4.C2H6/c1-2-13-9(12)6-4-3-5-7(10)8(6)11;1-2/h3-5,7-8,10-11H,2H2,1H3;1-2H3/t7-,8+;/m0./s1. The van der Waals surface area contributed by atoms with Crippen LogP contribution in [0.15, 0.2) is 23.8 Å². The van der Waals surface area contributed by atoms with Crippen LogP contribution in [0, 0.1) is 0 Å². The minimum absolute atomic E-state index is 0.0943. The molecule has 86 valence electrons. The van der Waals surface area contributed by atoms with Crippen molar-refractivity contribution < 1.29 is 19.7 Å². The number of allylic oxidation sites excluding steroid dienone is 2. The van der Waals surface area contributed by atoms with Gasteiger partial charge >= 0.3 is 5.97 Å². The maximum Gasteiger partial charge on any atom is 0.336 e. The van der Waals surface area contributed by atoms with Gasteiger partial charge in [0.25, 0.3) is 0 Å². The molecule has 0 bridgehead atoms. The average molecular weight is 214 g/mol. The molecule has 0 aliphatic heterocycles. The molecule has 0 fully saturated rings. The first-order chi connectivity index (χ1) is 7.16. The largest absolute Gasteiger partial charge is 0.463 e. The molecule has 15 heavy (non-hydrogen) atoms. The molecule has 0 aromatic heterocycles. The van der Waals surface area contributed by atoms with E-state index < -0.39 is 18.2 Å². The Balaban J connectivity index is 0.000000921. The lowest BCUT2D eigenvalue weighted by molar-refractivity contribution is -0.140. The zero-order valence-corrected chi connectivity index (χ0v) is 9.30. The predicted molar refractivity (Wildman–Crippen MR) is 57.2 cm³/mol. The molecule has 1 aliphatic carbocycles. The second kappa shape index (κ2) is 7.20. The summed E-state index contributed by atoms with van der Waals surface area (Å²) in [5, 5.41) is 18.5. The smallest absolute Gasteiger partial charge is 0.336 e. The highest BCUT2D eigenvalue weighted by atomic mass is 16.5. The third kappa shape index (κ3) is 3.85. The van der Waals surface area contributed by atoms with Gasteiger partial charge in [-0.1, -0.05) is 26.0 Å². The van der Waals surface area contributed by atoms with E-state index in [1.54, 1.807) is 6.92 Å². The highest BCUT2D eigenvalue weighted by molar-refractivity contribution is 5.90. The number of hydrogen-bond donors (Lipinski definition) is 2. The number of esters is 1. The molecule has 0 saturated carbocycles. The maximum atomic E-state index is 11.2. The Morgan fingerprint density at radius 3 is 2.60 bits per heavy atom. The molecule has 2 N–H and O–H groups in total. The van der Waals surface area contributed by atoms with Crippen LogP contribution in [-0.2, 0) is 9.53 Å². The molecule has 0 saturated heterocycles.